The number of methoxy groups -OCH3 is 1. The average Bonchev–Trinajstić information content (AvgIpc) is 2.85. The third-order valence-corrected chi connectivity index (χ3v) is 6.95. The van der Waals surface area contributed by atoms with Crippen molar-refractivity contribution in [3.8, 4) is 23.0 Å². The first kappa shape index (κ1) is 32.2. The second-order valence-electron chi connectivity index (χ2n) is 9.42. The minimum Gasteiger partial charge on any atom is -0.504 e. The number of unbranched alkanes of at least 4 members (excludes halogenated alkanes) is 3. The molecule has 0 aromatic heterocycles. The van der Waals surface area contributed by atoms with Crippen molar-refractivity contribution in [2.45, 2.75) is 70.8 Å². The molecule has 0 heterocycles. The van der Waals surface area contributed by atoms with Crippen LogP contribution in [0.15, 0.2) is 30.3 Å². The van der Waals surface area contributed by atoms with Crippen molar-refractivity contribution < 1.29 is 20.1 Å². The number of hydrogen-bond donors (Lipinski definition) is 4. The number of phenols is 3. The summed E-state index contributed by atoms with van der Waals surface area (Å²) in [7, 11) is 1.57. The molecule has 0 amide bonds. The molecule has 3 rings (SSSR count). The van der Waals surface area contributed by atoms with Gasteiger partial charge < -0.3 is 30.3 Å². The lowest BCUT2D eigenvalue weighted by Gasteiger charge is -2.35. The highest BCUT2D eigenvalue weighted by Gasteiger charge is 2.26. The van der Waals surface area contributed by atoms with Crippen LogP contribution in [-0.2, 0) is 19.3 Å². The van der Waals surface area contributed by atoms with Crippen molar-refractivity contribution in [3.63, 3.8) is 0 Å². The van der Waals surface area contributed by atoms with Crippen molar-refractivity contribution in [3.05, 3.63) is 47.0 Å². The Morgan fingerprint density at radius 2 is 1.69 bits per heavy atom. The number of phenolic OH excluding ortho intramolecular Hbond substituents is 3. The molecule has 4 N–H and O–H groups in total. The highest BCUT2D eigenvalue weighted by atomic mass is 35.5. The van der Waals surface area contributed by atoms with Gasteiger partial charge in [-0.2, -0.15) is 0 Å². The number of nitrogens with zero attached hydrogens (tertiary/aromatic N) is 1. The number of aromatic hydroxyl groups is 3. The fourth-order valence-electron chi connectivity index (χ4n) is 5.03. The topological polar surface area (TPSA) is 85.2 Å². The zero-order valence-corrected chi connectivity index (χ0v) is 23.3. The summed E-state index contributed by atoms with van der Waals surface area (Å²) in [5.41, 5.74) is 3.28. The van der Waals surface area contributed by atoms with Crippen LogP contribution in [0.25, 0.3) is 0 Å². The molecular formula is C28H44Cl2N2O4. The molecule has 2 aromatic carbocycles. The molecule has 0 spiro atoms. The lowest BCUT2D eigenvalue weighted by molar-refractivity contribution is 0.175. The van der Waals surface area contributed by atoms with E-state index in [4.69, 9.17) is 4.74 Å². The fraction of sp³-hybridized carbons (Fsp3) is 0.571. The first-order chi connectivity index (χ1) is 16.5. The van der Waals surface area contributed by atoms with E-state index in [-0.39, 0.29) is 42.1 Å². The van der Waals surface area contributed by atoms with Crippen LogP contribution in [0.4, 0.5) is 0 Å². The summed E-state index contributed by atoms with van der Waals surface area (Å²) in [5.74, 6) is 0.793. The van der Waals surface area contributed by atoms with Gasteiger partial charge in [-0.15, -0.1) is 24.8 Å². The van der Waals surface area contributed by atoms with Crippen LogP contribution in [0.1, 0.15) is 62.1 Å². The highest BCUT2D eigenvalue weighted by Crippen LogP contribution is 2.36. The predicted octanol–water partition coefficient (Wildman–Crippen LogP) is 5.62. The fourth-order valence-corrected chi connectivity index (χ4v) is 5.03. The zero-order valence-electron chi connectivity index (χ0n) is 21.7. The van der Waals surface area contributed by atoms with E-state index in [1.54, 1.807) is 19.2 Å². The highest BCUT2D eigenvalue weighted by molar-refractivity contribution is 5.85. The number of halogens is 2. The second-order valence-corrected chi connectivity index (χ2v) is 9.42. The monoisotopic (exact) mass is 542 g/mol. The Bertz CT molecular complexity index is 913. The number of benzene rings is 2. The molecule has 0 aliphatic heterocycles. The molecule has 204 valence electrons. The van der Waals surface area contributed by atoms with Crippen LogP contribution in [0, 0.1) is 0 Å². The summed E-state index contributed by atoms with van der Waals surface area (Å²) in [6.07, 6.45) is 9.80. The molecule has 1 atom stereocenters. The van der Waals surface area contributed by atoms with Gasteiger partial charge >= 0.3 is 0 Å². The smallest absolute Gasteiger partial charge is 0.160 e. The van der Waals surface area contributed by atoms with Crippen LogP contribution in [0.5, 0.6) is 23.0 Å². The lowest BCUT2D eigenvalue weighted by Crippen LogP contribution is -2.40. The van der Waals surface area contributed by atoms with E-state index in [0.29, 0.717) is 11.8 Å². The van der Waals surface area contributed by atoms with Gasteiger partial charge in [0.25, 0.3) is 0 Å². The molecule has 0 saturated heterocycles. The van der Waals surface area contributed by atoms with E-state index in [1.807, 2.05) is 18.2 Å². The summed E-state index contributed by atoms with van der Waals surface area (Å²) < 4.78 is 5.17. The Labute approximate surface area is 228 Å². The lowest BCUT2D eigenvalue weighted by atomic mass is 9.86. The van der Waals surface area contributed by atoms with Crippen LogP contribution in [0.3, 0.4) is 0 Å². The number of ether oxygens (including phenoxy) is 1. The Morgan fingerprint density at radius 3 is 2.44 bits per heavy atom. The SMILES string of the molecule is CCCN(CCCCCCNCCc1ccc(O)c(OC)c1)[C@H]1CCc2c(ccc(O)c2O)C1.Cl.Cl. The molecule has 6 nitrogen and oxygen atoms in total. The van der Waals surface area contributed by atoms with Crippen molar-refractivity contribution in [1.29, 1.82) is 0 Å². The summed E-state index contributed by atoms with van der Waals surface area (Å²) in [4.78, 5) is 2.64. The normalized spacial score (nSPS) is 14.6. The van der Waals surface area contributed by atoms with Crippen molar-refractivity contribution in [2.24, 2.45) is 0 Å². The molecule has 1 aliphatic rings. The average molecular weight is 544 g/mol. The molecule has 0 saturated carbocycles. The number of rotatable bonds is 14. The molecular weight excluding hydrogens is 499 g/mol. The van der Waals surface area contributed by atoms with Gasteiger partial charge in [-0.25, -0.2) is 0 Å². The molecule has 0 fully saturated rings. The van der Waals surface area contributed by atoms with Gasteiger partial charge in [0.1, 0.15) is 0 Å². The largest absolute Gasteiger partial charge is 0.504 e. The van der Waals surface area contributed by atoms with Gasteiger partial charge in [-0.1, -0.05) is 31.9 Å². The maximum atomic E-state index is 10.2. The standard InChI is InChI=1S/C28H42N2O4.2ClH/c1-3-17-30(23-10-11-24-22(20-23)9-13-26(32)28(24)33)18-7-5-4-6-15-29-16-14-21-8-12-25(31)27(19-21)34-2;;/h8-9,12-13,19,23,29,31-33H,3-7,10-11,14-18,20H2,1-2H3;2*1H/t23-;;/m0../s1. The van der Waals surface area contributed by atoms with E-state index >= 15 is 0 Å². The minimum atomic E-state index is -0.00214. The first-order valence-electron chi connectivity index (χ1n) is 12.9. The molecule has 0 unspecified atom stereocenters. The molecule has 8 heteroatoms. The quantitative estimate of drug-likeness (QED) is 0.183. The molecule has 0 bridgehead atoms. The predicted molar refractivity (Wildman–Crippen MR) is 152 cm³/mol. The molecule has 36 heavy (non-hydrogen) atoms. The van der Waals surface area contributed by atoms with Crippen LogP contribution in [-0.4, -0.2) is 59.6 Å². The van der Waals surface area contributed by atoms with E-state index in [9.17, 15) is 15.3 Å². The third kappa shape index (κ3) is 9.22. The summed E-state index contributed by atoms with van der Waals surface area (Å²) in [5, 5.41) is 33.1. The van der Waals surface area contributed by atoms with Crippen molar-refractivity contribution in [1.82, 2.24) is 10.2 Å². The molecule has 0 radical (unpaired) electrons. The van der Waals surface area contributed by atoms with Gasteiger partial charge in [0.15, 0.2) is 23.0 Å². The van der Waals surface area contributed by atoms with Gasteiger partial charge in [-0.3, -0.25) is 0 Å². The molecule has 1 aliphatic carbocycles. The van der Waals surface area contributed by atoms with Crippen LogP contribution < -0.4 is 10.1 Å². The first-order valence-corrected chi connectivity index (χ1v) is 12.9. The minimum absolute atomic E-state index is 0. The Hall–Kier alpha value is -1.86. The Balaban J connectivity index is 0.00000324. The Morgan fingerprint density at radius 1 is 0.944 bits per heavy atom. The van der Waals surface area contributed by atoms with Crippen LogP contribution in [0.2, 0.25) is 0 Å². The third-order valence-electron chi connectivity index (χ3n) is 6.95. The van der Waals surface area contributed by atoms with Crippen molar-refractivity contribution >= 4 is 24.8 Å². The van der Waals surface area contributed by atoms with E-state index in [2.05, 4.69) is 17.1 Å². The Kier molecular flexibility index (Phi) is 15.0. The maximum Gasteiger partial charge on any atom is 0.160 e. The number of nitrogens with one attached hydrogen (secondary N) is 1. The maximum absolute atomic E-state index is 10.2. The summed E-state index contributed by atoms with van der Waals surface area (Å²) in [6.45, 7) is 6.45. The molecule has 2 aromatic rings. The summed E-state index contributed by atoms with van der Waals surface area (Å²) >= 11 is 0. The zero-order chi connectivity index (χ0) is 24.3. The van der Waals surface area contributed by atoms with E-state index in [1.165, 1.54) is 31.2 Å². The summed E-state index contributed by atoms with van der Waals surface area (Å²) in [6, 6.07) is 9.66. The van der Waals surface area contributed by atoms with E-state index < -0.39 is 0 Å². The van der Waals surface area contributed by atoms with Gasteiger partial charge in [0.2, 0.25) is 0 Å². The second kappa shape index (κ2) is 16.8. The van der Waals surface area contributed by atoms with Gasteiger partial charge in [0.05, 0.1) is 7.11 Å². The van der Waals surface area contributed by atoms with E-state index in [0.717, 1.165) is 69.4 Å². The number of hydrogen-bond acceptors (Lipinski definition) is 6. The van der Waals surface area contributed by atoms with Gasteiger partial charge in [-0.05, 0) is 100 Å². The number of fused-ring (bicyclic) bond motifs is 1. The van der Waals surface area contributed by atoms with Crippen LogP contribution >= 0.6 is 24.8 Å². The van der Waals surface area contributed by atoms with Gasteiger partial charge in [0, 0.05) is 11.6 Å². The van der Waals surface area contributed by atoms with Crippen molar-refractivity contribution in [2.75, 3.05) is 33.3 Å².